The molecule has 0 spiro atoms. The maximum Gasteiger partial charge on any atom is 0.306 e. The van der Waals surface area contributed by atoms with Crippen LogP contribution in [0.1, 0.15) is 259 Å². The molecular formula is C54H105N3O7. The molecule has 0 aliphatic rings. The molecule has 378 valence electrons. The van der Waals surface area contributed by atoms with E-state index in [-0.39, 0.29) is 43.4 Å². The summed E-state index contributed by atoms with van der Waals surface area (Å²) in [4.78, 5) is 58.1. The number of hydrogen-bond acceptors (Lipinski definition) is 8. The first-order chi connectivity index (χ1) is 31.2. The molecule has 0 aromatic rings. The number of unbranched alkanes of at least 4 members (excludes halogenated alkanes) is 26. The van der Waals surface area contributed by atoms with Crippen LogP contribution in [0.3, 0.4) is 0 Å². The number of likely N-dealkylation sites (N-methyl/N-ethyl adjacent to an activating group) is 1. The Hall–Kier alpha value is -2.20. The number of ether oxygens (including phenoxy) is 2. The molecule has 0 heterocycles. The van der Waals surface area contributed by atoms with E-state index in [9.17, 15) is 24.3 Å². The van der Waals surface area contributed by atoms with Crippen molar-refractivity contribution in [3.8, 4) is 0 Å². The zero-order valence-electron chi connectivity index (χ0n) is 42.9. The van der Waals surface area contributed by atoms with Gasteiger partial charge in [-0.2, -0.15) is 0 Å². The predicted octanol–water partition coefficient (Wildman–Crippen LogP) is 13.1. The maximum atomic E-state index is 13.2. The van der Waals surface area contributed by atoms with E-state index in [0.29, 0.717) is 45.2 Å². The lowest BCUT2D eigenvalue weighted by molar-refractivity contribution is -0.160. The first-order valence-corrected chi connectivity index (χ1v) is 27.4. The van der Waals surface area contributed by atoms with E-state index in [1.54, 1.807) is 0 Å². The van der Waals surface area contributed by atoms with Crippen molar-refractivity contribution >= 4 is 23.8 Å². The van der Waals surface area contributed by atoms with Gasteiger partial charge in [0.1, 0.15) is 12.7 Å². The standard InChI is InChI=1S/C54H105N3O7/c1-6-10-14-18-26-34-42-56(43-35-27-19-15-11-7-2)51(59)38-30-22-24-32-40-53(61)63-49-50(48-55(5)46-47-58)64-54(62)41-33-25-23-31-39-52(60)57(44-36-28-20-16-12-8-3)45-37-29-21-17-13-9-4/h50,58H,6-49H2,1-5H3. The van der Waals surface area contributed by atoms with Gasteiger partial charge in [0, 0.05) is 65.0 Å². The highest BCUT2D eigenvalue weighted by Gasteiger charge is 2.20. The third-order valence-corrected chi connectivity index (χ3v) is 12.6. The molecule has 0 aliphatic heterocycles. The molecule has 1 atom stereocenters. The number of aliphatic hydroxyl groups is 1. The lowest BCUT2D eigenvalue weighted by Crippen LogP contribution is -2.37. The summed E-state index contributed by atoms with van der Waals surface area (Å²) in [6.07, 6.45) is 37.1. The summed E-state index contributed by atoms with van der Waals surface area (Å²) in [7, 11) is 1.84. The van der Waals surface area contributed by atoms with Crippen LogP contribution in [0.4, 0.5) is 0 Å². The fourth-order valence-corrected chi connectivity index (χ4v) is 8.41. The SMILES string of the molecule is CCCCCCCCN(CCCCCCCC)C(=O)CCCCCCC(=O)OCC(CN(C)CCO)OC(=O)CCCCCCC(=O)N(CCCCCCCC)CCCCCCCC. The van der Waals surface area contributed by atoms with Crippen LogP contribution in [0.2, 0.25) is 0 Å². The summed E-state index contributed by atoms with van der Waals surface area (Å²) in [5, 5.41) is 9.42. The number of amides is 2. The van der Waals surface area contributed by atoms with Gasteiger partial charge in [0.05, 0.1) is 6.61 Å². The van der Waals surface area contributed by atoms with Gasteiger partial charge in [-0.1, -0.05) is 182 Å². The van der Waals surface area contributed by atoms with Crippen LogP contribution in [0.25, 0.3) is 0 Å². The van der Waals surface area contributed by atoms with Crippen LogP contribution in [-0.2, 0) is 28.7 Å². The molecule has 0 aromatic heterocycles. The molecular weight excluding hydrogens is 803 g/mol. The average Bonchev–Trinajstić information content (AvgIpc) is 3.28. The fourth-order valence-electron chi connectivity index (χ4n) is 8.41. The summed E-state index contributed by atoms with van der Waals surface area (Å²) < 4.78 is 11.4. The van der Waals surface area contributed by atoms with Crippen LogP contribution in [0, 0.1) is 0 Å². The van der Waals surface area contributed by atoms with Crippen LogP contribution in [0.5, 0.6) is 0 Å². The van der Waals surface area contributed by atoms with Gasteiger partial charge in [0.15, 0.2) is 0 Å². The Morgan fingerprint density at radius 2 is 0.719 bits per heavy atom. The van der Waals surface area contributed by atoms with Crippen molar-refractivity contribution < 1.29 is 33.8 Å². The molecule has 10 heteroatoms. The Morgan fingerprint density at radius 3 is 1.08 bits per heavy atom. The number of carbonyl (C=O) groups excluding carboxylic acids is 4. The van der Waals surface area contributed by atoms with E-state index in [4.69, 9.17) is 9.47 Å². The zero-order chi connectivity index (χ0) is 47.1. The second-order valence-corrected chi connectivity index (χ2v) is 18.9. The number of rotatable bonds is 49. The smallest absolute Gasteiger partial charge is 0.306 e. The highest BCUT2D eigenvalue weighted by atomic mass is 16.6. The van der Waals surface area contributed by atoms with Crippen LogP contribution >= 0.6 is 0 Å². The van der Waals surface area contributed by atoms with E-state index in [0.717, 1.165) is 90.4 Å². The van der Waals surface area contributed by atoms with Gasteiger partial charge in [-0.05, 0) is 58.4 Å². The Balaban J connectivity index is 4.63. The third-order valence-electron chi connectivity index (χ3n) is 12.6. The Labute approximate surface area is 395 Å². The van der Waals surface area contributed by atoms with Crippen LogP contribution < -0.4 is 0 Å². The van der Waals surface area contributed by atoms with E-state index in [2.05, 4.69) is 37.5 Å². The molecule has 0 bridgehead atoms. The Kier molecular flexibility index (Phi) is 45.7. The van der Waals surface area contributed by atoms with Gasteiger partial charge in [-0.3, -0.25) is 19.2 Å². The minimum absolute atomic E-state index is 0.0159. The molecule has 0 radical (unpaired) electrons. The van der Waals surface area contributed by atoms with Gasteiger partial charge in [-0.25, -0.2) is 0 Å². The largest absolute Gasteiger partial charge is 0.462 e. The molecule has 0 saturated heterocycles. The quantitative estimate of drug-likeness (QED) is 0.0474. The molecule has 1 unspecified atom stereocenters. The van der Waals surface area contributed by atoms with Crippen molar-refractivity contribution in [1.29, 1.82) is 0 Å². The summed E-state index contributed by atoms with van der Waals surface area (Å²) in [5.41, 5.74) is 0. The van der Waals surface area contributed by atoms with Crippen LogP contribution in [-0.4, -0.2) is 109 Å². The fraction of sp³-hybridized carbons (Fsp3) is 0.926. The van der Waals surface area contributed by atoms with Gasteiger partial charge < -0.3 is 29.3 Å². The third kappa shape index (κ3) is 40.1. The predicted molar refractivity (Wildman–Crippen MR) is 267 cm³/mol. The monoisotopic (exact) mass is 908 g/mol. The van der Waals surface area contributed by atoms with E-state index < -0.39 is 6.10 Å². The highest BCUT2D eigenvalue weighted by molar-refractivity contribution is 5.76. The summed E-state index contributed by atoms with van der Waals surface area (Å²) in [5.74, 6) is -0.0691. The minimum atomic E-state index is -0.614. The maximum absolute atomic E-state index is 13.2. The van der Waals surface area contributed by atoms with E-state index in [1.165, 1.54) is 128 Å². The number of aliphatic hydroxyl groups excluding tert-OH is 1. The van der Waals surface area contributed by atoms with Crippen molar-refractivity contribution in [1.82, 2.24) is 14.7 Å². The van der Waals surface area contributed by atoms with Crippen molar-refractivity contribution in [2.75, 3.05) is 59.5 Å². The number of hydrogen-bond donors (Lipinski definition) is 1. The van der Waals surface area contributed by atoms with Gasteiger partial charge >= 0.3 is 11.9 Å². The van der Waals surface area contributed by atoms with E-state index >= 15 is 0 Å². The summed E-state index contributed by atoms with van der Waals surface area (Å²) in [6.45, 7) is 13.2. The highest BCUT2D eigenvalue weighted by Crippen LogP contribution is 2.16. The molecule has 0 rings (SSSR count). The average molecular weight is 908 g/mol. The lowest BCUT2D eigenvalue weighted by Gasteiger charge is -2.23. The molecule has 2 amide bonds. The molecule has 1 N–H and O–H groups in total. The molecule has 0 saturated carbocycles. The second kappa shape index (κ2) is 47.3. The summed E-state index contributed by atoms with van der Waals surface area (Å²) >= 11 is 0. The van der Waals surface area contributed by atoms with Gasteiger partial charge in [-0.15, -0.1) is 0 Å². The van der Waals surface area contributed by atoms with Crippen molar-refractivity contribution in [2.45, 2.75) is 265 Å². The number of esters is 2. The van der Waals surface area contributed by atoms with Crippen molar-refractivity contribution in [2.24, 2.45) is 0 Å². The minimum Gasteiger partial charge on any atom is -0.462 e. The first kappa shape index (κ1) is 61.8. The Bertz CT molecular complexity index is 1040. The molecule has 10 nitrogen and oxygen atoms in total. The number of carbonyl (C=O) groups is 4. The van der Waals surface area contributed by atoms with Crippen molar-refractivity contribution in [3.63, 3.8) is 0 Å². The van der Waals surface area contributed by atoms with Gasteiger partial charge in [0.25, 0.3) is 0 Å². The molecule has 0 aliphatic carbocycles. The number of nitrogens with zero attached hydrogens (tertiary/aromatic N) is 3. The summed E-state index contributed by atoms with van der Waals surface area (Å²) in [6, 6.07) is 0. The second-order valence-electron chi connectivity index (χ2n) is 18.9. The lowest BCUT2D eigenvalue weighted by atomic mass is 10.1. The van der Waals surface area contributed by atoms with Crippen molar-refractivity contribution in [3.05, 3.63) is 0 Å². The molecule has 0 fully saturated rings. The molecule has 0 aromatic carbocycles. The van der Waals surface area contributed by atoms with Crippen LogP contribution in [0.15, 0.2) is 0 Å². The topological polar surface area (TPSA) is 117 Å². The van der Waals surface area contributed by atoms with E-state index in [1.807, 2.05) is 11.9 Å². The first-order valence-electron chi connectivity index (χ1n) is 27.4. The van der Waals surface area contributed by atoms with Gasteiger partial charge in [0.2, 0.25) is 11.8 Å². The zero-order valence-corrected chi connectivity index (χ0v) is 42.9. The molecule has 64 heavy (non-hydrogen) atoms. The normalized spacial score (nSPS) is 11.9. The Morgan fingerprint density at radius 1 is 0.406 bits per heavy atom.